The van der Waals surface area contributed by atoms with Gasteiger partial charge in [0.05, 0.1) is 5.82 Å². The van der Waals surface area contributed by atoms with Crippen molar-refractivity contribution in [2.45, 2.75) is 65.2 Å². The van der Waals surface area contributed by atoms with Crippen LogP contribution in [0.4, 0.5) is 0 Å². The summed E-state index contributed by atoms with van der Waals surface area (Å²) in [6.45, 7) is 15.6. The van der Waals surface area contributed by atoms with Gasteiger partial charge in [0.15, 0.2) is 0 Å². The lowest BCUT2D eigenvalue weighted by molar-refractivity contribution is 0.630. The molecule has 0 aromatic carbocycles. The molecule has 0 atom stereocenters. The average molecular weight is 313 g/mol. The topological polar surface area (TPSA) is 62.1 Å². The van der Waals surface area contributed by atoms with Crippen LogP contribution in [0.15, 0.2) is 25.2 Å². The molecule has 0 bridgehead atoms. The normalized spacial score (nSPS) is 12.0. The summed E-state index contributed by atoms with van der Waals surface area (Å²) in [7, 11) is 0. The summed E-state index contributed by atoms with van der Waals surface area (Å²) in [5.74, 6) is 0.954. The van der Waals surface area contributed by atoms with Crippen molar-refractivity contribution in [3.63, 3.8) is 0 Å². The highest BCUT2D eigenvalue weighted by atomic mass is 15.1. The van der Waals surface area contributed by atoms with Crippen LogP contribution in [0.5, 0.6) is 0 Å². The Bertz CT molecular complexity index is 217. The predicted molar refractivity (Wildman–Crippen MR) is 101 cm³/mol. The van der Waals surface area contributed by atoms with Crippen LogP contribution in [0, 0.1) is 0 Å². The molecule has 0 amide bonds. The number of hydrogen-bond acceptors (Lipinski definition) is 4. The van der Waals surface area contributed by atoms with Crippen molar-refractivity contribution in [3.8, 4) is 0 Å². The van der Waals surface area contributed by atoms with Crippen molar-refractivity contribution in [1.82, 2.24) is 16.0 Å². The van der Waals surface area contributed by atoms with Crippen molar-refractivity contribution in [2.75, 3.05) is 26.2 Å². The monoisotopic (exact) mass is 312 g/mol. The largest absolute Gasteiger partial charge is 0.391 e. The summed E-state index contributed by atoms with van der Waals surface area (Å²) in [5, 5.41) is 9.09. The fourth-order valence-corrected chi connectivity index (χ4v) is 1.82. The zero-order valence-electron chi connectivity index (χ0n) is 15.1. The lowest BCUT2D eigenvalue weighted by Gasteiger charge is -1.99. The van der Waals surface area contributed by atoms with E-state index in [1.54, 1.807) is 6.20 Å². The highest BCUT2D eigenvalue weighted by molar-refractivity contribution is 4.93. The molecule has 1 aliphatic heterocycles. The minimum absolute atomic E-state index is 0.828. The smallest absolute Gasteiger partial charge is 0.0913 e. The van der Waals surface area contributed by atoms with Crippen LogP contribution in [0.2, 0.25) is 0 Å². The molecule has 1 fully saturated rings. The maximum atomic E-state index is 5.34. The van der Waals surface area contributed by atoms with Crippen molar-refractivity contribution >= 4 is 0 Å². The first kappa shape index (κ1) is 23.1. The molecule has 0 aromatic heterocycles. The van der Waals surface area contributed by atoms with Gasteiger partial charge in [-0.3, -0.25) is 0 Å². The lowest BCUT2D eigenvalue weighted by atomic mass is 10.2. The Morgan fingerprint density at radius 2 is 1.55 bits per heavy atom. The maximum absolute atomic E-state index is 5.34. The van der Waals surface area contributed by atoms with Crippen molar-refractivity contribution < 1.29 is 0 Å². The lowest BCUT2D eigenvalue weighted by Crippen LogP contribution is -2.06. The van der Waals surface area contributed by atoms with Crippen LogP contribution >= 0.6 is 0 Å². The van der Waals surface area contributed by atoms with Gasteiger partial charge in [-0.15, -0.1) is 0 Å². The van der Waals surface area contributed by atoms with Crippen LogP contribution in [0.3, 0.4) is 0 Å². The van der Waals surface area contributed by atoms with Crippen molar-refractivity contribution in [3.05, 3.63) is 25.2 Å². The summed E-state index contributed by atoms with van der Waals surface area (Å²) in [4.78, 5) is 0. The highest BCUT2D eigenvalue weighted by Gasteiger charge is 1.96. The van der Waals surface area contributed by atoms with Crippen LogP contribution < -0.4 is 21.7 Å². The van der Waals surface area contributed by atoms with Crippen molar-refractivity contribution in [2.24, 2.45) is 5.73 Å². The van der Waals surface area contributed by atoms with E-state index in [1.165, 1.54) is 44.9 Å². The first-order chi connectivity index (χ1) is 10.7. The third-order valence-corrected chi connectivity index (χ3v) is 3.18. The SMILES string of the molecule is C=C1NCCN1.C=CNCCCCCCN.CCCCCC. The summed E-state index contributed by atoms with van der Waals surface area (Å²) in [6, 6.07) is 0. The van der Waals surface area contributed by atoms with Crippen LogP contribution in [0.1, 0.15) is 65.2 Å². The first-order valence-corrected chi connectivity index (χ1v) is 8.93. The van der Waals surface area contributed by atoms with Gasteiger partial charge in [-0.05, 0) is 25.6 Å². The summed E-state index contributed by atoms with van der Waals surface area (Å²) < 4.78 is 0. The van der Waals surface area contributed by atoms with Crippen molar-refractivity contribution in [1.29, 1.82) is 0 Å². The van der Waals surface area contributed by atoms with Gasteiger partial charge in [0.2, 0.25) is 0 Å². The van der Waals surface area contributed by atoms with Gasteiger partial charge in [-0.2, -0.15) is 0 Å². The van der Waals surface area contributed by atoms with Gasteiger partial charge < -0.3 is 21.7 Å². The second-order valence-corrected chi connectivity index (χ2v) is 5.40. The number of rotatable bonds is 10. The quantitative estimate of drug-likeness (QED) is 0.466. The number of unbranched alkanes of at least 4 members (excludes halogenated alkanes) is 6. The van der Waals surface area contributed by atoms with E-state index in [1.807, 2.05) is 0 Å². The predicted octanol–water partition coefficient (Wildman–Crippen LogP) is 3.48. The summed E-state index contributed by atoms with van der Waals surface area (Å²) >= 11 is 0. The molecule has 4 nitrogen and oxygen atoms in total. The zero-order chi connectivity index (χ0) is 16.9. The Hall–Kier alpha value is -1.16. The van der Waals surface area contributed by atoms with E-state index >= 15 is 0 Å². The Morgan fingerprint density at radius 1 is 1.00 bits per heavy atom. The molecule has 1 rings (SSSR count). The summed E-state index contributed by atoms with van der Waals surface area (Å²) in [5.41, 5.74) is 5.34. The molecule has 22 heavy (non-hydrogen) atoms. The molecule has 0 unspecified atom stereocenters. The Kier molecular flexibility index (Phi) is 23.2. The highest BCUT2D eigenvalue weighted by Crippen LogP contribution is 1.96. The molecular weight excluding hydrogens is 272 g/mol. The minimum atomic E-state index is 0.828. The summed E-state index contributed by atoms with van der Waals surface area (Å²) in [6.07, 6.45) is 12.2. The molecule has 4 heteroatoms. The van der Waals surface area contributed by atoms with E-state index in [4.69, 9.17) is 5.73 Å². The molecule has 1 saturated heterocycles. The van der Waals surface area contributed by atoms with E-state index in [9.17, 15) is 0 Å². The van der Waals surface area contributed by atoms with E-state index in [0.29, 0.717) is 0 Å². The third kappa shape index (κ3) is 23.9. The van der Waals surface area contributed by atoms with Gasteiger partial charge in [0, 0.05) is 19.6 Å². The zero-order valence-corrected chi connectivity index (χ0v) is 15.1. The Labute approximate surface area is 139 Å². The molecule has 132 valence electrons. The van der Waals surface area contributed by atoms with E-state index in [-0.39, 0.29) is 0 Å². The van der Waals surface area contributed by atoms with Gasteiger partial charge in [0.25, 0.3) is 0 Å². The Balaban J connectivity index is 0. The van der Waals surface area contributed by atoms with Gasteiger partial charge in [-0.1, -0.05) is 65.5 Å². The standard InChI is InChI=1S/C8H18N2.C6H14.C4H8N2/c1-2-10-8-6-4-3-5-7-9;1-3-5-6-4-2;1-4-5-2-3-6-4/h2,10H,1,3-9H2;3-6H2,1-2H3;5-6H,1-3H2. The molecule has 0 saturated carbocycles. The molecule has 0 spiro atoms. The van der Waals surface area contributed by atoms with E-state index in [0.717, 1.165) is 38.4 Å². The van der Waals surface area contributed by atoms with Gasteiger partial charge >= 0.3 is 0 Å². The molecule has 5 N–H and O–H groups in total. The average Bonchev–Trinajstić information content (AvgIpc) is 3.01. The molecule has 1 aliphatic rings. The maximum Gasteiger partial charge on any atom is 0.0913 e. The first-order valence-electron chi connectivity index (χ1n) is 8.93. The van der Waals surface area contributed by atoms with E-state index < -0.39 is 0 Å². The minimum Gasteiger partial charge on any atom is -0.391 e. The second kappa shape index (κ2) is 22.1. The number of nitrogens with one attached hydrogen (secondary N) is 3. The van der Waals surface area contributed by atoms with Crippen LogP contribution in [0.25, 0.3) is 0 Å². The number of hydrogen-bond donors (Lipinski definition) is 4. The van der Waals surface area contributed by atoms with E-state index in [2.05, 4.69) is 43.0 Å². The van der Waals surface area contributed by atoms with Gasteiger partial charge in [0.1, 0.15) is 0 Å². The van der Waals surface area contributed by atoms with Crippen LogP contribution in [-0.2, 0) is 0 Å². The number of nitrogens with two attached hydrogens (primary N) is 1. The molecule has 0 aromatic rings. The molecule has 0 radical (unpaired) electrons. The third-order valence-electron chi connectivity index (χ3n) is 3.18. The Morgan fingerprint density at radius 3 is 1.91 bits per heavy atom. The fourth-order valence-electron chi connectivity index (χ4n) is 1.82. The fraction of sp³-hybridized carbons (Fsp3) is 0.778. The second-order valence-electron chi connectivity index (χ2n) is 5.40. The van der Waals surface area contributed by atoms with Gasteiger partial charge in [-0.25, -0.2) is 0 Å². The van der Waals surface area contributed by atoms with Crippen LogP contribution in [-0.4, -0.2) is 26.2 Å². The molecular formula is C18H40N4. The molecule has 0 aliphatic carbocycles. The molecule has 1 heterocycles.